The van der Waals surface area contributed by atoms with Crippen LogP contribution in [0.5, 0.6) is 0 Å². The molecule has 0 radical (unpaired) electrons. The lowest BCUT2D eigenvalue weighted by molar-refractivity contribution is 0.376. The molecule has 7 atom stereocenters. The highest BCUT2D eigenvalue weighted by atomic mass is 15.0. The molecule has 2 aromatic heterocycles. The summed E-state index contributed by atoms with van der Waals surface area (Å²) in [6, 6.07) is 25.4. The average molecular weight is 813 g/mol. The topological polar surface area (TPSA) is 9.86 Å². The van der Waals surface area contributed by atoms with Gasteiger partial charge in [0.1, 0.15) is 0 Å². The van der Waals surface area contributed by atoms with E-state index in [0.29, 0.717) is 29.6 Å². The number of nitrogens with zero attached hydrogens (tertiary/aromatic N) is 2. The van der Waals surface area contributed by atoms with Crippen molar-refractivity contribution in [2.75, 3.05) is 0 Å². The highest BCUT2D eigenvalue weighted by molar-refractivity contribution is 6.08. The second-order valence-corrected chi connectivity index (χ2v) is 19.6. The highest BCUT2D eigenvalue weighted by Gasteiger charge is 2.46. The number of benzene rings is 3. The molecule has 9 aliphatic rings. The molecule has 63 heavy (non-hydrogen) atoms. The van der Waals surface area contributed by atoms with Crippen molar-refractivity contribution < 1.29 is 0 Å². The summed E-state index contributed by atoms with van der Waals surface area (Å²) in [6.45, 7) is 0. The Morgan fingerprint density at radius 2 is 1.46 bits per heavy atom. The van der Waals surface area contributed by atoms with E-state index < -0.39 is 0 Å². The zero-order valence-electron chi connectivity index (χ0n) is 35.8. The molecule has 306 valence electrons. The third-order valence-corrected chi connectivity index (χ3v) is 16.5. The van der Waals surface area contributed by atoms with E-state index in [1.54, 1.807) is 27.9 Å². The molecule has 14 rings (SSSR count). The molecule has 0 aliphatic heterocycles. The zero-order valence-corrected chi connectivity index (χ0v) is 35.8. The van der Waals surface area contributed by atoms with Crippen LogP contribution < -0.4 is 0 Å². The van der Waals surface area contributed by atoms with Crippen LogP contribution in [0.4, 0.5) is 0 Å². The van der Waals surface area contributed by atoms with E-state index in [-0.39, 0.29) is 6.04 Å². The van der Waals surface area contributed by atoms with Crippen molar-refractivity contribution in [2.24, 2.45) is 35.5 Å². The van der Waals surface area contributed by atoms with Crippen LogP contribution in [0.15, 0.2) is 210 Å². The number of para-hydroxylation sites is 2. The average Bonchev–Trinajstić information content (AvgIpc) is 3.86. The molecule has 5 aromatic rings. The van der Waals surface area contributed by atoms with Crippen molar-refractivity contribution in [2.45, 2.75) is 56.9 Å². The lowest BCUT2D eigenvalue weighted by Gasteiger charge is -2.37. The molecule has 7 unspecified atom stereocenters. The molecule has 0 spiro atoms. The molecular formula is C61H52N2. The third-order valence-electron chi connectivity index (χ3n) is 16.5. The fraction of sp³-hybridized carbons (Fsp3) is 0.246. The number of hydrogen-bond donors (Lipinski definition) is 0. The summed E-state index contributed by atoms with van der Waals surface area (Å²) >= 11 is 0. The summed E-state index contributed by atoms with van der Waals surface area (Å²) < 4.78 is 5.06. The second-order valence-electron chi connectivity index (χ2n) is 19.6. The zero-order chi connectivity index (χ0) is 41.2. The van der Waals surface area contributed by atoms with E-state index in [1.165, 1.54) is 92.9 Å². The van der Waals surface area contributed by atoms with E-state index >= 15 is 0 Å². The number of allylic oxidation sites excluding steroid dienone is 25. The largest absolute Gasteiger partial charge is 0.330 e. The van der Waals surface area contributed by atoms with Gasteiger partial charge in [-0.05, 0) is 144 Å². The van der Waals surface area contributed by atoms with Crippen LogP contribution in [0, 0.1) is 35.5 Å². The van der Waals surface area contributed by atoms with Gasteiger partial charge in [0.2, 0.25) is 0 Å². The molecule has 2 heterocycles. The summed E-state index contributed by atoms with van der Waals surface area (Å²) in [5, 5.41) is 4.04. The van der Waals surface area contributed by atoms with Crippen molar-refractivity contribution in [3.8, 4) is 0 Å². The van der Waals surface area contributed by atoms with E-state index in [4.69, 9.17) is 0 Å². The Morgan fingerprint density at radius 3 is 2.38 bits per heavy atom. The van der Waals surface area contributed by atoms with Crippen LogP contribution >= 0.6 is 0 Å². The molecule has 0 bridgehead atoms. The minimum absolute atomic E-state index is 0.175. The smallest absolute Gasteiger partial charge is 0.0712 e. The van der Waals surface area contributed by atoms with Crippen molar-refractivity contribution in [1.29, 1.82) is 0 Å². The summed E-state index contributed by atoms with van der Waals surface area (Å²) in [7, 11) is 0. The minimum atomic E-state index is 0.175. The van der Waals surface area contributed by atoms with Crippen molar-refractivity contribution in [3.63, 3.8) is 0 Å². The normalized spacial score (nSPS) is 28.9. The van der Waals surface area contributed by atoms with Crippen molar-refractivity contribution >= 4 is 44.5 Å². The van der Waals surface area contributed by atoms with Gasteiger partial charge in [-0.15, -0.1) is 0 Å². The first-order valence-electron chi connectivity index (χ1n) is 23.9. The minimum Gasteiger partial charge on any atom is -0.330 e. The summed E-state index contributed by atoms with van der Waals surface area (Å²) in [4.78, 5) is 0. The summed E-state index contributed by atoms with van der Waals surface area (Å²) in [5.41, 5.74) is 19.1. The SMILES string of the molecule is C1=CC=CC(n2c3ccccc3c3cc(C4C=Cc5c(c6ccccc6n5C5=CC6CCC(C7=CC8C9=C%10C(=CCCC%10C%10CCC=CC%10=C9)C8C=C7)=CC6C=C5)C4)ccc32)C=C1. The Hall–Kier alpha value is -6.38. The predicted octanol–water partition coefficient (Wildman–Crippen LogP) is 15.0. The fourth-order valence-electron chi connectivity index (χ4n) is 13.6. The Kier molecular flexibility index (Phi) is 8.07. The fourth-order valence-corrected chi connectivity index (χ4v) is 13.6. The van der Waals surface area contributed by atoms with E-state index in [0.717, 1.165) is 24.7 Å². The van der Waals surface area contributed by atoms with Gasteiger partial charge < -0.3 is 9.13 Å². The molecule has 0 fully saturated rings. The number of fused-ring (bicyclic) bond motifs is 12. The van der Waals surface area contributed by atoms with E-state index in [2.05, 4.69) is 191 Å². The standard InChI is InChI=1S/C61H52N2/c1-2-4-14-45(13-3-1)62-57-20-9-7-16-49(57)54-35-42(26-30-59(54)62)43-27-31-60-55(36-43)50-17-8-10-21-58(50)63(60)46-28-24-39-32-38(22-23-40(39)33-46)41-25-29-48-52-19-11-18-51-47-15-6-5-12-44(47)37-56(61(51)52)53(48)34-41/h1-5,7-10,12-14,16-17,19-21,24-35,37,39-40,43,45,47-48,51,53H,6,11,15,18,22-23,36H2. The molecule has 2 nitrogen and oxygen atoms in total. The van der Waals surface area contributed by atoms with Gasteiger partial charge in [0, 0.05) is 62.3 Å². The van der Waals surface area contributed by atoms with Crippen LogP contribution in [0.2, 0.25) is 0 Å². The van der Waals surface area contributed by atoms with Gasteiger partial charge in [0.15, 0.2) is 0 Å². The first-order valence-corrected chi connectivity index (χ1v) is 23.9. The predicted molar refractivity (Wildman–Crippen MR) is 263 cm³/mol. The van der Waals surface area contributed by atoms with Gasteiger partial charge in [0.25, 0.3) is 0 Å². The lowest BCUT2D eigenvalue weighted by atomic mass is 9.67. The molecule has 0 amide bonds. The van der Waals surface area contributed by atoms with E-state index in [1.807, 2.05) is 0 Å². The van der Waals surface area contributed by atoms with Crippen molar-refractivity contribution in [1.82, 2.24) is 9.13 Å². The Bertz CT molecular complexity index is 3230. The first-order chi connectivity index (χ1) is 31.2. The van der Waals surface area contributed by atoms with Gasteiger partial charge >= 0.3 is 0 Å². The maximum atomic E-state index is 2.67. The third kappa shape index (κ3) is 5.49. The Morgan fingerprint density at radius 1 is 0.619 bits per heavy atom. The number of aromatic nitrogens is 2. The van der Waals surface area contributed by atoms with Crippen LogP contribution in [-0.4, -0.2) is 9.13 Å². The summed E-state index contributed by atoms with van der Waals surface area (Å²) in [6.07, 6.45) is 54.5. The molecule has 3 aromatic carbocycles. The Balaban J connectivity index is 0.762. The monoisotopic (exact) mass is 812 g/mol. The van der Waals surface area contributed by atoms with Crippen LogP contribution in [-0.2, 0) is 6.42 Å². The maximum Gasteiger partial charge on any atom is 0.0712 e. The van der Waals surface area contributed by atoms with Gasteiger partial charge in [0.05, 0.1) is 11.6 Å². The first kappa shape index (κ1) is 36.1. The molecule has 0 saturated carbocycles. The summed E-state index contributed by atoms with van der Waals surface area (Å²) in [5.74, 6) is 3.70. The van der Waals surface area contributed by atoms with Crippen LogP contribution in [0.1, 0.15) is 67.3 Å². The number of rotatable bonds is 4. The lowest BCUT2D eigenvalue weighted by Crippen LogP contribution is -2.26. The second kappa shape index (κ2) is 14.1. The van der Waals surface area contributed by atoms with Crippen LogP contribution in [0.3, 0.4) is 0 Å². The van der Waals surface area contributed by atoms with Gasteiger partial charge in [-0.1, -0.05) is 146 Å². The molecule has 2 heteroatoms. The molecular weight excluding hydrogens is 761 g/mol. The van der Waals surface area contributed by atoms with Gasteiger partial charge in [-0.25, -0.2) is 0 Å². The highest BCUT2D eigenvalue weighted by Crippen LogP contribution is 2.58. The maximum absolute atomic E-state index is 2.67. The van der Waals surface area contributed by atoms with Gasteiger partial charge in [-0.3, -0.25) is 0 Å². The quantitative estimate of drug-likeness (QED) is 0.171. The molecule has 0 N–H and O–H groups in total. The van der Waals surface area contributed by atoms with Gasteiger partial charge in [-0.2, -0.15) is 0 Å². The van der Waals surface area contributed by atoms with E-state index in [9.17, 15) is 0 Å². The molecule has 0 saturated heterocycles. The van der Waals surface area contributed by atoms with Crippen molar-refractivity contribution in [3.05, 3.63) is 226 Å². The number of hydrogen-bond acceptors (Lipinski definition) is 0. The van der Waals surface area contributed by atoms with Crippen LogP contribution in [0.25, 0.3) is 44.5 Å². The Labute approximate surface area is 370 Å². The molecule has 9 aliphatic carbocycles.